The van der Waals surface area contributed by atoms with E-state index in [0.717, 1.165) is 5.56 Å². The minimum atomic E-state index is -2.53. The molecular weight excluding hydrogens is 366 g/mol. The van der Waals surface area contributed by atoms with Crippen LogP contribution in [0.15, 0.2) is 47.6 Å². The molecule has 1 aliphatic heterocycles. The lowest BCUT2D eigenvalue weighted by atomic mass is 9.96. The van der Waals surface area contributed by atoms with Gasteiger partial charge in [-0.3, -0.25) is 4.79 Å². The second-order valence-electron chi connectivity index (χ2n) is 6.71. The number of alkyl halides is 2. The van der Waals surface area contributed by atoms with Gasteiger partial charge in [0.2, 0.25) is 0 Å². The van der Waals surface area contributed by atoms with Crippen LogP contribution in [-0.2, 0) is 4.84 Å². The number of likely N-dealkylation sites (tertiary alicyclic amines) is 1. The van der Waals surface area contributed by atoms with E-state index >= 15 is 0 Å². The first kappa shape index (κ1) is 19.9. The number of carbonyl (C=O) groups is 1. The average molecular weight is 388 g/mol. The Kier molecular flexibility index (Phi) is 6.04. The van der Waals surface area contributed by atoms with Crippen LogP contribution in [-0.4, -0.2) is 47.9 Å². The highest BCUT2D eigenvalue weighted by atomic mass is 19.3. The monoisotopic (exact) mass is 388 g/mol. The molecule has 28 heavy (non-hydrogen) atoms. The molecule has 148 valence electrons. The maximum atomic E-state index is 13.1. The summed E-state index contributed by atoms with van der Waals surface area (Å²) in [5, 5.41) is 13.4. The number of hydrogen-bond acceptors (Lipinski definition) is 4. The Morgan fingerprint density at radius 1 is 1.29 bits per heavy atom. The first-order valence-electron chi connectivity index (χ1n) is 8.95. The number of aliphatic hydroxyl groups excluding tert-OH is 1. The van der Waals surface area contributed by atoms with E-state index in [1.165, 1.54) is 13.2 Å². The fourth-order valence-electron chi connectivity index (χ4n) is 3.53. The summed E-state index contributed by atoms with van der Waals surface area (Å²) in [7, 11) is 1.44. The number of nitrogens with zero attached hydrogens (tertiary/aromatic N) is 2. The summed E-state index contributed by atoms with van der Waals surface area (Å²) >= 11 is 0. The number of benzene rings is 2. The Balaban J connectivity index is 1.84. The molecule has 1 saturated heterocycles. The van der Waals surface area contributed by atoms with Crippen LogP contribution in [0, 0.1) is 6.92 Å². The van der Waals surface area contributed by atoms with Gasteiger partial charge in [0, 0.05) is 17.5 Å². The van der Waals surface area contributed by atoms with Gasteiger partial charge in [-0.15, -0.1) is 0 Å². The lowest BCUT2D eigenvalue weighted by molar-refractivity contribution is 0.0680. The largest absolute Gasteiger partial charge is 0.399 e. The van der Waals surface area contributed by atoms with Crippen molar-refractivity contribution in [2.45, 2.75) is 25.8 Å². The van der Waals surface area contributed by atoms with Crippen LogP contribution in [0.25, 0.3) is 11.1 Å². The number of hydrogen-bond donors (Lipinski definition) is 1. The molecule has 7 heteroatoms. The Morgan fingerprint density at radius 2 is 2.00 bits per heavy atom. The van der Waals surface area contributed by atoms with Crippen molar-refractivity contribution >= 4 is 11.6 Å². The summed E-state index contributed by atoms with van der Waals surface area (Å²) in [6.45, 7) is 1.81. The summed E-state index contributed by atoms with van der Waals surface area (Å²) in [6, 6.07) is 11.3. The summed E-state index contributed by atoms with van der Waals surface area (Å²) in [5.41, 5.74) is 3.16. The minimum Gasteiger partial charge on any atom is -0.399 e. The summed E-state index contributed by atoms with van der Waals surface area (Å²) in [5.74, 6) is -0.218. The highest BCUT2D eigenvalue weighted by Gasteiger charge is 2.33. The van der Waals surface area contributed by atoms with E-state index in [0.29, 0.717) is 35.4 Å². The molecule has 0 spiro atoms. The van der Waals surface area contributed by atoms with Crippen LogP contribution in [0.1, 0.15) is 34.3 Å². The molecule has 2 aromatic rings. The van der Waals surface area contributed by atoms with E-state index in [2.05, 4.69) is 5.16 Å². The van der Waals surface area contributed by atoms with Crippen molar-refractivity contribution in [1.29, 1.82) is 0 Å². The third kappa shape index (κ3) is 3.89. The predicted molar refractivity (Wildman–Crippen MR) is 103 cm³/mol. The molecule has 3 rings (SSSR count). The topological polar surface area (TPSA) is 62.1 Å². The normalized spacial score (nSPS) is 18.1. The number of aliphatic hydroxyl groups is 1. The SMILES string of the molecule is CO/N=C1/CC(CO)N(C(=O)c2ccc(-c3cccc(C(F)F)c3C)cc2)C1. The van der Waals surface area contributed by atoms with Crippen molar-refractivity contribution in [3.05, 3.63) is 59.2 Å². The lowest BCUT2D eigenvalue weighted by Crippen LogP contribution is -2.37. The van der Waals surface area contributed by atoms with Crippen molar-refractivity contribution in [2.24, 2.45) is 5.16 Å². The van der Waals surface area contributed by atoms with Crippen LogP contribution in [0.5, 0.6) is 0 Å². The second-order valence-corrected chi connectivity index (χ2v) is 6.71. The van der Waals surface area contributed by atoms with Crippen molar-refractivity contribution in [3.63, 3.8) is 0 Å². The number of rotatable bonds is 5. The first-order chi connectivity index (χ1) is 13.5. The molecule has 1 atom stereocenters. The molecule has 0 aromatic heterocycles. The molecule has 0 radical (unpaired) electrons. The van der Waals surface area contributed by atoms with Gasteiger partial charge in [0.15, 0.2) is 0 Å². The molecule has 1 fully saturated rings. The first-order valence-corrected chi connectivity index (χ1v) is 8.95. The van der Waals surface area contributed by atoms with Crippen LogP contribution in [0.4, 0.5) is 8.78 Å². The van der Waals surface area contributed by atoms with Gasteiger partial charge >= 0.3 is 0 Å². The maximum Gasteiger partial charge on any atom is 0.264 e. The van der Waals surface area contributed by atoms with E-state index in [-0.39, 0.29) is 24.1 Å². The number of carbonyl (C=O) groups excluding carboxylic acids is 1. The van der Waals surface area contributed by atoms with Crippen LogP contribution >= 0.6 is 0 Å². The Bertz CT molecular complexity index is 882. The predicted octanol–water partition coefficient (Wildman–Crippen LogP) is 3.81. The number of oxime groups is 1. The Labute approximate surface area is 162 Å². The smallest absolute Gasteiger partial charge is 0.264 e. The summed E-state index contributed by atoms with van der Waals surface area (Å²) < 4.78 is 26.3. The fourth-order valence-corrected chi connectivity index (χ4v) is 3.53. The average Bonchev–Trinajstić information content (AvgIpc) is 3.11. The molecule has 0 bridgehead atoms. The van der Waals surface area contributed by atoms with Crippen LogP contribution in [0.2, 0.25) is 0 Å². The minimum absolute atomic E-state index is 0.00506. The molecule has 1 amide bonds. The zero-order chi connectivity index (χ0) is 20.3. The number of halogens is 2. The van der Waals surface area contributed by atoms with Gasteiger partial charge in [-0.05, 0) is 35.7 Å². The van der Waals surface area contributed by atoms with E-state index in [9.17, 15) is 18.7 Å². The quantitative estimate of drug-likeness (QED) is 0.793. The lowest BCUT2D eigenvalue weighted by Gasteiger charge is -2.22. The number of amides is 1. The van der Waals surface area contributed by atoms with E-state index in [1.807, 2.05) is 0 Å². The van der Waals surface area contributed by atoms with Gasteiger partial charge in [-0.25, -0.2) is 8.78 Å². The van der Waals surface area contributed by atoms with Gasteiger partial charge in [-0.2, -0.15) is 0 Å². The molecule has 1 N–H and O–H groups in total. The van der Waals surface area contributed by atoms with Gasteiger partial charge in [0.25, 0.3) is 12.3 Å². The Morgan fingerprint density at radius 3 is 2.61 bits per heavy atom. The van der Waals surface area contributed by atoms with Gasteiger partial charge in [0.1, 0.15) is 7.11 Å². The van der Waals surface area contributed by atoms with Gasteiger partial charge in [-0.1, -0.05) is 35.5 Å². The molecule has 1 aliphatic rings. The van der Waals surface area contributed by atoms with Gasteiger partial charge in [0.05, 0.1) is 24.9 Å². The highest BCUT2D eigenvalue weighted by Crippen LogP contribution is 2.31. The van der Waals surface area contributed by atoms with E-state index in [4.69, 9.17) is 4.84 Å². The van der Waals surface area contributed by atoms with Crippen LogP contribution < -0.4 is 0 Å². The van der Waals surface area contributed by atoms with E-state index in [1.54, 1.807) is 48.2 Å². The molecule has 0 aliphatic carbocycles. The molecule has 1 heterocycles. The summed E-state index contributed by atoms with van der Waals surface area (Å²) in [6.07, 6.45) is -2.07. The molecular formula is C21H22F2N2O3. The molecule has 0 saturated carbocycles. The van der Waals surface area contributed by atoms with Crippen molar-refractivity contribution in [2.75, 3.05) is 20.3 Å². The standard InChI is InChI=1S/C21H22F2N2O3/c1-13-18(4-3-5-19(13)20(22)23)14-6-8-15(9-7-14)21(27)25-11-16(24-28-2)10-17(25)12-26/h3-9,17,20,26H,10-12H2,1-2H3/b24-16-. The summed E-state index contributed by atoms with van der Waals surface area (Å²) in [4.78, 5) is 19.2. The Hall–Kier alpha value is -2.80. The van der Waals surface area contributed by atoms with Crippen molar-refractivity contribution < 1.29 is 23.5 Å². The molecule has 5 nitrogen and oxygen atoms in total. The molecule has 2 aromatic carbocycles. The third-order valence-corrected chi connectivity index (χ3v) is 5.01. The maximum absolute atomic E-state index is 13.1. The van der Waals surface area contributed by atoms with Gasteiger partial charge < -0.3 is 14.8 Å². The zero-order valence-electron chi connectivity index (χ0n) is 15.7. The highest BCUT2D eigenvalue weighted by molar-refractivity contribution is 6.00. The molecule has 1 unspecified atom stereocenters. The van der Waals surface area contributed by atoms with E-state index < -0.39 is 6.43 Å². The third-order valence-electron chi connectivity index (χ3n) is 5.01. The van der Waals surface area contributed by atoms with Crippen molar-refractivity contribution in [1.82, 2.24) is 4.90 Å². The second kappa shape index (κ2) is 8.48. The zero-order valence-corrected chi connectivity index (χ0v) is 15.7. The fraction of sp³-hybridized carbons (Fsp3) is 0.333. The van der Waals surface area contributed by atoms with Crippen molar-refractivity contribution in [3.8, 4) is 11.1 Å². The van der Waals surface area contributed by atoms with Crippen LogP contribution in [0.3, 0.4) is 0 Å².